The highest BCUT2D eigenvalue weighted by molar-refractivity contribution is 5.27. The molecule has 4 aliphatic carbocycles. The standard InChI is InChI=1S/C45H72O18/c1-17-9-12-45(63-39(17)55)18(2)29-26(62-45)14-25-23-8-7-21-13-22(10-11-43(21,5)24(23)15-28(47)44(25,29)6)58-42-38(61-41-35(53)33(51)31(49)20(4)57-41)36(54)37(27(16-46)59-42)60-40-34(52)32(50)30(48)19(3)56-40/h7,17-20,22-42,46-55H,8-16H2,1-6H3/t17-,18+,19+,20+,22+,23-,24+,25+,26+,27-,28-,29+,30+,31+,32-,33-,34-,35-,36+,37-,38-,39-,40+,41+,42-,43+,44-,45+/m1/s1. The lowest BCUT2D eigenvalue weighted by Crippen LogP contribution is -2.66. The van der Waals surface area contributed by atoms with E-state index in [1.165, 1.54) is 19.4 Å². The van der Waals surface area contributed by atoms with Crippen LogP contribution >= 0.6 is 0 Å². The fourth-order valence-electron chi connectivity index (χ4n) is 14.0. The van der Waals surface area contributed by atoms with E-state index in [9.17, 15) is 51.1 Å². The van der Waals surface area contributed by atoms with Gasteiger partial charge in [0.1, 0.15) is 61.0 Å². The zero-order valence-corrected chi connectivity index (χ0v) is 37.1. The molecule has 18 nitrogen and oxygen atoms in total. The molecule has 360 valence electrons. The number of hydrogen-bond donors (Lipinski definition) is 10. The molecule has 1 spiro atoms. The van der Waals surface area contributed by atoms with Crippen molar-refractivity contribution in [3.8, 4) is 0 Å². The van der Waals surface area contributed by atoms with Gasteiger partial charge in [-0.2, -0.15) is 0 Å². The van der Waals surface area contributed by atoms with Gasteiger partial charge < -0.3 is 89.0 Å². The lowest BCUT2D eigenvalue weighted by Gasteiger charge is -2.60. The van der Waals surface area contributed by atoms with Crippen LogP contribution in [0.3, 0.4) is 0 Å². The Morgan fingerprint density at radius 2 is 1.30 bits per heavy atom. The Morgan fingerprint density at radius 3 is 1.92 bits per heavy atom. The second-order valence-corrected chi connectivity index (χ2v) is 21.2. The van der Waals surface area contributed by atoms with Gasteiger partial charge >= 0.3 is 0 Å². The third kappa shape index (κ3) is 7.53. The molecule has 0 aromatic carbocycles. The number of rotatable bonds is 7. The minimum Gasteiger partial charge on any atom is -0.394 e. The minimum absolute atomic E-state index is 0.00938. The molecule has 63 heavy (non-hydrogen) atoms. The van der Waals surface area contributed by atoms with Crippen LogP contribution in [0.5, 0.6) is 0 Å². The van der Waals surface area contributed by atoms with E-state index in [4.69, 9.17) is 37.9 Å². The van der Waals surface area contributed by atoms with Gasteiger partial charge in [-0.1, -0.05) is 39.3 Å². The highest BCUT2D eigenvalue weighted by atomic mass is 16.8. The van der Waals surface area contributed by atoms with Crippen molar-refractivity contribution < 1.29 is 89.0 Å². The number of hydrogen-bond acceptors (Lipinski definition) is 18. The number of aliphatic hydroxyl groups excluding tert-OH is 10. The summed E-state index contributed by atoms with van der Waals surface area (Å²) in [5.41, 5.74) is 0.595. The smallest absolute Gasteiger partial charge is 0.187 e. The van der Waals surface area contributed by atoms with Crippen molar-refractivity contribution in [3.05, 3.63) is 11.6 Å². The van der Waals surface area contributed by atoms with Crippen LogP contribution in [-0.2, 0) is 37.9 Å². The Balaban J connectivity index is 0.926. The van der Waals surface area contributed by atoms with Crippen molar-refractivity contribution in [1.29, 1.82) is 0 Å². The van der Waals surface area contributed by atoms with Crippen molar-refractivity contribution in [2.24, 2.45) is 46.3 Å². The molecule has 0 aromatic heterocycles. The van der Waals surface area contributed by atoms with E-state index in [0.717, 1.165) is 32.1 Å². The van der Waals surface area contributed by atoms with Gasteiger partial charge in [0, 0.05) is 29.6 Å². The molecule has 5 saturated heterocycles. The van der Waals surface area contributed by atoms with Crippen molar-refractivity contribution in [3.63, 3.8) is 0 Å². The quantitative estimate of drug-likeness (QED) is 0.145. The summed E-state index contributed by atoms with van der Waals surface area (Å²) in [4.78, 5) is 0. The molecule has 8 fully saturated rings. The molecule has 9 aliphatic rings. The van der Waals surface area contributed by atoms with Crippen LogP contribution in [0.15, 0.2) is 11.6 Å². The average Bonchev–Trinajstić information content (AvgIpc) is 3.70. The summed E-state index contributed by atoms with van der Waals surface area (Å²) in [6.45, 7) is 11.0. The largest absolute Gasteiger partial charge is 0.394 e. The predicted molar refractivity (Wildman–Crippen MR) is 215 cm³/mol. The summed E-state index contributed by atoms with van der Waals surface area (Å²) >= 11 is 0. The topological polar surface area (TPSA) is 276 Å². The summed E-state index contributed by atoms with van der Waals surface area (Å²) in [5, 5.41) is 109. The van der Waals surface area contributed by atoms with E-state index in [0.29, 0.717) is 25.2 Å². The molecule has 5 aliphatic heterocycles. The lowest BCUT2D eigenvalue weighted by molar-refractivity contribution is -0.388. The number of allylic oxidation sites excluding steroid dienone is 1. The minimum atomic E-state index is -1.74. The first-order valence-electron chi connectivity index (χ1n) is 23.4. The molecule has 18 heteroatoms. The van der Waals surface area contributed by atoms with E-state index in [1.807, 2.05) is 6.92 Å². The third-order valence-corrected chi connectivity index (χ3v) is 17.9. The third-order valence-electron chi connectivity index (χ3n) is 17.9. The van der Waals surface area contributed by atoms with Crippen molar-refractivity contribution in [2.75, 3.05) is 6.61 Å². The Hall–Kier alpha value is -0.980. The van der Waals surface area contributed by atoms with Crippen molar-refractivity contribution in [2.45, 2.75) is 215 Å². The van der Waals surface area contributed by atoms with E-state index in [1.54, 1.807) is 0 Å². The SMILES string of the molecule is C[C@@H]1CC[C@@]2(O[C@H]1O)O[C@H]1C[C@H]3[C@@H]4CC=C5C[C@@H](O[C@@H]6O[C@H](CO)[C@@H](O[C@@H]7O[C@@H](C)[C@H](O)[C@@H](O)[C@H]7O)[C@H](O)[C@H]6O[C@@H]6O[C@@H](C)[C@H](O)[C@@H](O)[C@H]6O)CC[C@]5(C)[C@H]4C[C@@H](O)[C@]3(C)[C@H]1[C@@H]2C. The maximum absolute atomic E-state index is 12.3. The Kier molecular flexibility index (Phi) is 12.9. The lowest BCUT2D eigenvalue weighted by atomic mass is 9.46. The summed E-state index contributed by atoms with van der Waals surface area (Å²) in [6.07, 6.45) is -15.9. The molecular weight excluding hydrogens is 828 g/mol. The zero-order chi connectivity index (χ0) is 45.2. The fourth-order valence-corrected chi connectivity index (χ4v) is 14.0. The van der Waals surface area contributed by atoms with Crippen LogP contribution in [0, 0.1) is 46.3 Å². The summed E-state index contributed by atoms with van der Waals surface area (Å²) in [7, 11) is 0. The van der Waals surface area contributed by atoms with Gasteiger partial charge in [-0.3, -0.25) is 0 Å². The summed E-state index contributed by atoms with van der Waals surface area (Å²) < 4.78 is 49.6. The first-order chi connectivity index (χ1) is 29.7. The molecule has 28 atom stereocenters. The Morgan fingerprint density at radius 1 is 0.667 bits per heavy atom. The molecule has 3 saturated carbocycles. The van der Waals surface area contributed by atoms with E-state index >= 15 is 0 Å². The Bertz CT molecular complexity index is 1670. The highest BCUT2D eigenvalue weighted by Gasteiger charge is 2.71. The zero-order valence-electron chi connectivity index (χ0n) is 37.1. The first-order valence-corrected chi connectivity index (χ1v) is 23.4. The van der Waals surface area contributed by atoms with Crippen LogP contribution < -0.4 is 0 Å². The molecule has 0 aromatic rings. The molecule has 5 heterocycles. The molecule has 0 unspecified atom stereocenters. The predicted octanol–water partition coefficient (Wildman–Crippen LogP) is -0.469. The molecule has 9 rings (SSSR count). The van der Waals surface area contributed by atoms with Crippen LogP contribution in [0.4, 0.5) is 0 Å². The first kappa shape index (κ1) is 47.1. The highest BCUT2D eigenvalue weighted by Crippen LogP contribution is 2.71. The van der Waals surface area contributed by atoms with Crippen LogP contribution in [0.25, 0.3) is 0 Å². The van der Waals surface area contributed by atoms with Crippen molar-refractivity contribution in [1.82, 2.24) is 0 Å². The van der Waals surface area contributed by atoms with Gasteiger partial charge in [0.25, 0.3) is 0 Å². The molecule has 10 N–H and O–H groups in total. The summed E-state index contributed by atoms with van der Waals surface area (Å²) in [6, 6.07) is 0. The van der Waals surface area contributed by atoms with E-state index in [-0.39, 0.29) is 46.5 Å². The van der Waals surface area contributed by atoms with Gasteiger partial charge in [0.2, 0.25) is 0 Å². The number of fused-ring (bicyclic) bond motifs is 7. The van der Waals surface area contributed by atoms with Crippen LogP contribution in [-0.4, -0.2) is 180 Å². The normalized spacial score (nSPS) is 59.3. The second kappa shape index (κ2) is 17.2. The number of ether oxygens (including phenoxy) is 8. The number of aliphatic hydroxyl groups is 10. The van der Waals surface area contributed by atoms with Gasteiger partial charge in [-0.25, -0.2) is 0 Å². The maximum Gasteiger partial charge on any atom is 0.187 e. The Labute approximate surface area is 368 Å². The van der Waals surface area contributed by atoms with E-state index < -0.39 is 123 Å². The van der Waals surface area contributed by atoms with Crippen LogP contribution in [0.1, 0.15) is 92.9 Å². The van der Waals surface area contributed by atoms with Gasteiger partial charge in [-0.15, -0.1) is 0 Å². The summed E-state index contributed by atoms with van der Waals surface area (Å²) in [5.74, 6) is 0.0651. The monoisotopic (exact) mass is 900 g/mol. The average molecular weight is 901 g/mol. The second-order valence-electron chi connectivity index (χ2n) is 21.2. The molecule has 0 bridgehead atoms. The molecular formula is C45H72O18. The van der Waals surface area contributed by atoms with E-state index in [2.05, 4.69) is 26.8 Å². The molecule has 0 amide bonds. The fraction of sp³-hybridized carbons (Fsp3) is 0.956. The van der Waals surface area contributed by atoms with Gasteiger partial charge in [-0.05, 0) is 82.0 Å². The van der Waals surface area contributed by atoms with Gasteiger partial charge in [0.15, 0.2) is 30.9 Å². The maximum atomic E-state index is 12.3. The van der Waals surface area contributed by atoms with Crippen LogP contribution in [0.2, 0.25) is 0 Å². The molecule has 0 radical (unpaired) electrons. The van der Waals surface area contributed by atoms with Gasteiger partial charge in [0.05, 0.1) is 37.1 Å². The van der Waals surface area contributed by atoms with Crippen molar-refractivity contribution >= 4 is 0 Å².